The Morgan fingerprint density at radius 1 is 1.17 bits per heavy atom. The fraction of sp³-hybridized carbons (Fsp3) is 0.444. The van der Waals surface area contributed by atoms with Crippen LogP contribution in [-0.4, -0.2) is 42.4 Å². The minimum absolute atomic E-state index is 0.115. The molecule has 1 saturated heterocycles. The van der Waals surface area contributed by atoms with Gasteiger partial charge in [-0.25, -0.2) is 4.98 Å². The molecule has 1 N–H and O–H groups in total. The minimum atomic E-state index is 0.115. The zero-order valence-electron chi connectivity index (χ0n) is 14.5. The summed E-state index contributed by atoms with van der Waals surface area (Å²) in [5, 5.41) is 3.36. The Morgan fingerprint density at radius 2 is 1.92 bits per heavy atom. The fourth-order valence-corrected chi connectivity index (χ4v) is 2.59. The first-order valence-electron chi connectivity index (χ1n) is 8.33. The van der Waals surface area contributed by atoms with Crippen molar-refractivity contribution in [3.63, 3.8) is 0 Å². The number of anilines is 3. The van der Waals surface area contributed by atoms with Crippen molar-refractivity contribution in [2.75, 3.05) is 36.5 Å². The Bertz CT molecular complexity index is 684. The quantitative estimate of drug-likeness (QED) is 0.910. The van der Waals surface area contributed by atoms with Crippen LogP contribution in [0.25, 0.3) is 0 Å². The predicted octanol–water partition coefficient (Wildman–Crippen LogP) is 3.15. The molecule has 0 radical (unpaired) electrons. The van der Waals surface area contributed by atoms with Crippen LogP contribution in [0, 0.1) is 6.92 Å². The van der Waals surface area contributed by atoms with E-state index in [1.807, 2.05) is 51.1 Å². The van der Waals surface area contributed by atoms with E-state index in [0.29, 0.717) is 13.2 Å². The normalized spacial score (nSPS) is 14.8. The maximum absolute atomic E-state index is 5.86. The number of nitrogens with one attached hydrogen (secondary N) is 1. The van der Waals surface area contributed by atoms with Gasteiger partial charge in [-0.05, 0) is 32.9 Å². The van der Waals surface area contributed by atoms with Crippen LogP contribution in [0.3, 0.4) is 0 Å². The Balaban J connectivity index is 1.84. The predicted molar refractivity (Wildman–Crippen MR) is 95.3 cm³/mol. The van der Waals surface area contributed by atoms with E-state index in [4.69, 9.17) is 9.47 Å². The van der Waals surface area contributed by atoms with Gasteiger partial charge in [-0.15, -0.1) is 0 Å². The topological polar surface area (TPSA) is 59.5 Å². The summed E-state index contributed by atoms with van der Waals surface area (Å²) in [7, 11) is 0. The zero-order valence-corrected chi connectivity index (χ0v) is 14.5. The molecule has 0 atom stereocenters. The number of aryl methyl sites for hydroxylation is 1. The maximum atomic E-state index is 5.86. The summed E-state index contributed by atoms with van der Waals surface area (Å²) in [6, 6.07) is 9.83. The highest BCUT2D eigenvalue weighted by Gasteiger charge is 2.15. The second-order valence-corrected chi connectivity index (χ2v) is 6.08. The summed E-state index contributed by atoms with van der Waals surface area (Å²) in [4.78, 5) is 11.4. The van der Waals surface area contributed by atoms with Crippen LogP contribution in [0.15, 0.2) is 30.3 Å². The minimum Gasteiger partial charge on any atom is -0.489 e. The molecule has 24 heavy (non-hydrogen) atoms. The third kappa shape index (κ3) is 4.14. The van der Waals surface area contributed by atoms with E-state index in [0.717, 1.165) is 42.0 Å². The number of nitrogens with zero attached hydrogens (tertiary/aromatic N) is 3. The third-order valence-electron chi connectivity index (χ3n) is 3.65. The molecule has 128 valence electrons. The standard InChI is InChI=1S/C18H24N4O2/c1-13(2)24-16-7-5-4-6-15(16)20-17-12-14(3)19-18(21-17)22-8-10-23-11-9-22/h4-7,12-13H,8-11H2,1-3H3,(H,19,20,21). The van der Waals surface area contributed by atoms with E-state index in [2.05, 4.69) is 20.2 Å². The summed E-state index contributed by atoms with van der Waals surface area (Å²) < 4.78 is 11.3. The SMILES string of the molecule is Cc1cc(Nc2ccccc2OC(C)C)nc(N2CCOCC2)n1. The van der Waals surface area contributed by atoms with Crippen molar-refractivity contribution in [2.45, 2.75) is 26.9 Å². The highest BCUT2D eigenvalue weighted by atomic mass is 16.5. The molecule has 0 amide bonds. The lowest BCUT2D eigenvalue weighted by Gasteiger charge is -2.27. The van der Waals surface area contributed by atoms with E-state index in [9.17, 15) is 0 Å². The van der Waals surface area contributed by atoms with Gasteiger partial charge in [-0.3, -0.25) is 0 Å². The number of benzene rings is 1. The molecule has 2 aromatic rings. The van der Waals surface area contributed by atoms with Gasteiger partial charge in [0.1, 0.15) is 11.6 Å². The molecule has 1 aromatic heterocycles. The van der Waals surface area contributed by atoms with Crippen LogP contribution in [-0.2, 0) is 4.74 Å². The van der Waals surface area contributed by atoms with Gasteiger partial charge in [-0.1, -0.05) is 12.1 Å². The Labute approximate surface area is 142 Å². The molecular weight excluding hydrogens is 304 g/mol. The fourth-order valence-electron chi connectivity index (χ4n) is 2.59. The summed E-state index contributed by atoms with van der Waals surface area (Å²) in [6.45, 7) is 9.07. The van der Waals surface area contributed by atoms with Crippen molar-refractivity contribution in [2.24, 2.45) is 0 Å². The molecule has 1 aromatic carbocycles. The van der Waals surface area contributed by atoms with Crippen LogP contribution in [0.5, 0.6) is 5.75 Å². The molecule has 2 heterocycles. The zero-order chi connectivity index (χ0) is 16.9. The average molecular weight is 328 g/mol. The lowest BCUT2D eigenvalue weighted by atomic mass is 10.3. The number of morpholine rings is 1. The van der Waals surface area contributed by atoms with Gasteiger partial charge in [0, 0.05) is 24.8 Å². The van der Waals surface area contributed by atoms with E-state index in [1.54, 1.807) is 0 Å². The highest BCUT2D eigenvalue weighted by Crippen LogP contribution is 2.28. The first-order chi connectivity index (χ1) is 11.6. The Morgan fingerprint density at radius 3 is 2.67 bits per heavy atom. The monoisotopic (exact) mass is 328 g/mol. The summed E-state index contributed by atoms with van der Waals surface area (Å²) in [5.74, 6) is 2.32. The molecule has 1 fully saturated rings. The Kier molecular flexibility index (Phi) is 5.15. The summed E-state index contributed by atoms with van der Waals surface area (Å²) >= 11 is 0. The number of hydrogen-bond donors (Lipinski definition) is 1. The molecular formula is C18H24N4O2. The number of aromatic nitrogens is 2. The second kappa shape index (κ2) is 7.49. The summed E-state index contributed by atoms with van der Waals surface area (Å²) in [6.07, 6.45) is 0.115. The van der Waals surface area contributed by atoms with Crippen LogP contribution in [0.4, 0.5) is 17.5 Å². The first kappa shape index (κ1) is 16.5. The molecule has 6 heteroatoms. The van der Waals surface area contributed by atoms with Gasteiger partial charge in [0.05, 0.1) is 25.0 Å². The van der Waals surface area contributed by atoms with E-state index < -0.39 is 0 Å². The van der Waals surface area contributed by atoms with Gasteiger partial charge in [0.25, 0.3) is 0 Å². The van der Waals surface area contributed by atoms with E-state index in [1.165, 1.54) is 0 Å². The van der Waals surface area contributed by atoms with Crippen molar-refractivity contribution in [3.05, 3.63) is 36.0 Å². The number of ether oxygens (including phenoxy) is 2. The van der Waals surface area contributed by atoms with Crippen LogP contribution >= 0.6 is 0 Å². The van der Waals surface area contributed by atoms with Crippen molar-refractivity contribution in [3.8, 4) is 5.75 Å². The number of hydrogen-bond acceptors (Lipinski definition) is 6. The molecule has 1 aliphatic heterocycles. The molecule has 1 aliphatic rings. The maximum Gasteiger partial charge on any atom is 0.227 e. The second-order valence-electron chi connectivity index (χ2n) is 6.08. The highest BCUT2D eigenvalue weighted by molar-refractivity contribution is 5.64. The van der Waals surface area contributed by atoms with Crippen molar-refractivity contribution in [1.82, 2.24) is 9.97 Å². The van der Waals surface area contributed by atoms with Gasteiger partial charge >= 0.3 is 0 Å². The smallest absolute Gasteiger partial charge is 0.227 e. The van der Waals surface area contributed by atoms with Crippen molar-refractivity contribution < 1.29 is 9.47 Å². The molecule has 0 unspecified atom stereocenters. The van der Waals surface area contributed by atoms with Gasteiger partial charge in [-0.2, -0.15) is 4.98 Å². The number of rotatable bonds is 5. The Hall–Kier alpha value is -2.34. The van der Waals surface area contributed by atoms with E-state index >= 15 is 0 Å². The molecule has 3 rings (SSSR count). The summed E-state index contributed by atoms with van der Waals surface area (Å²) in [5.41, 5.74) is 1.83. The van der Waals surface area contributed by atoms with Crippen molar-refractivity contribution >= 4 is 17.5 Å². The van der Waals surface area contributed by atoms with Crippen molar-refractivity contribution in [1.29, 1.82) is 0 Å². The molecule has 6 nitrogen and oxygen atoms in total. The first-order valence-corrected chi connectivity index (χ1v) is 8.33. The lowest BCUT2D eigenvalue weighted by Crippen LogP contribution is -2.37. The molecule has 0 bridgehead atoms. The average Bonchev–Trinajstić information content (AvgIpc) is 2.56. The lowest BCUT2D eigenvalue weighted by molar-refractivity contribution is 0.122. The van der Waals surface area contributed by atoms with Crippen LogP contribution < -0.4 is 15.0 Å². The third-order valence-corrected chi connectivity index (χ3v) is 3.65. The number of para-hydroxylation sites is 2. The van der Waals surface area contributed by atoms with Gasteiger partial charge in [0.15, 0.2) is 0 Å². The van der Waals surface area contributed by atoms with Crippen LogP contribution in [0.1, 0.15) is 19.5 Å². The molecule has 0 aliphatic carbocycles. The van der Waals surface area contributed by atoms with Gasteiger partial charge in [0.2, 0.25) is 5.95 Å². The molecule has 0 spiro atoms. The molecule has 0 saturated carbocycles. The van der Waals surface area contributed by atoms with Gasteiger partial charge < -0.3 is 19.7 Å². The van der Waals surface area contributed by atoms with Crippen LogP contribution in [0.2, 0.25) is 0 Å². The van der Waals surface area contributed by atoms with E-state index in [-0.39, 0.29) is 6.10 Å². The largest absolute Gasteiger partial charge is 0.489 e.